The van der Waals surface area contributed by atoms with Crippen molar-refractivity contribution >= 4 is 17.4 Å². The first-order valence-corrected chi connectivity index (χ1v) is 6.83. The van der Waals surface area contributed by atoms with Crippen LogP contribution in [0.25, 0.3) is 5.78 Å². The molecule has 7 heteroatoms. The summed E-state index contributed by atoms with van der Waals surface area (Å²) in [4.78, 5) is 8.93. The molecule has 0 spiro atoms. The summed E-state index contributed by atoms with van der Waals surface area (Å²) in [7, 11) is 0. The smallest absolute Gasteiger partial charge is 0.234 e. The van der Waals surface area contributed by atoms with Crippen molar-refractivity contribution in [2.24, 2.45) is 0 Å². The molecular weight excluding hydrogens is 276 g/mol. The maximum Gasteiger partial charge on any atom is 0.234 e. The van der Waals surface area contributed by atoms with Gasteiger partial charge in [0.05, 0.1) is 23.8 Å². The van der Waals surface area contributed by atoms with E-state index in [1.807, 2.05) is 43.6 Å². The largest absolute Gasteiger partial charge is 0.288 e. The van der Waals surface area contributed by atoms with Gasteiger partial charge >= 0.3 is 0 Å². The Morgan fingerprint density at radius 3 is 2.75 bits per heavy atom. The van der Waals surface area contributed by atoms with Crippen LogP contribution in [-0.2, 0) is 6.54 Å². The van der Waals surface area contributed by atoms with Gasteiger partial charge in [-0.15, -0.1) is 16.7 Å². The second-order valence-corrected chi connectivity index (χ2v) is 5.55. The predicted molar refractivity (Wildman–Crippen MR) is 75.9 cm³/mol. The van der Waals surface area contributed by atoms with Crippen LogP contribution in [0.3, 0.4) is 0 Å². The van der Waals surface area contributed by atoms with E-state index in [4.69, 9.17) is 11.6 Å². The Bertz CT molecular complexity index is 757. The highest BCUT2D eigenvalue weighted by Gasteiger charge is 2.10. The number of nitrogens with zero attached hydrogens (tertiary/aromatic N) is 6. The van der Waals surface area contributed by atoms with E-state index in [2.05, 4.69) is 20.3 Å². The number of rotatable bonds is 3. The zero-order valence-corrected chi connectivity index (χ0v) is 12.3. The molecule has 3 heterocycles. The SMILES string of the molecule is Cc1cc(C)n2cc(Cn3cc(C(C)Cl)nn3)nc2n1. The summed E-state index contributed by atoms with van der Waals surface area (Å²) < 4.78 is 3.71. The van der Waals surface area contributed by atoms with Gasteiger partial charge in [-0.05, 0) is 26.8 Å². The Morgan fingerprint density at radius 2 is 2.05 bits per heavy atom. The molecule has 0 aliphatic heterocycles. The number of fused-ring (bicyclic) bond motifs is 1. The van der Waals surface area contributed by atoms with Crippen LogP contribution in [0.5, 0.6) is 0 Å². The highest BCUT2D eigenvalue weighted by Crippen LogP contribution is 2.16. The average Bonchev–Trinajstić information content (AvgIpc) is 2.96. The lowest BCUT2D eigenvalue weighted by molar-refractivity contribution is 0.640. The second-order valence-electron chi connectivity index (χ2n) is 4.90. The number of hydrogen-bond donors (Lipinski definition) is 0. The Kier molecular flexibility index (Phi) is 3.17. The molecule has 0 aliphatic rings. The normalized spacial score (nSPS) is 13.0. The van der Waals surface area contributed by atoms with Gasteiger partial charge in [-0.3, -0.25) is 4.40 Å². The topological polar surface area (TPSA) is 60.9 Å². The van der Waals surface area contributed by atoms with Crippen LogP contribution >= 0.6 is 11.6 Å². The zero-order chi connectivity index (χ0) is 14.3. The number of halogens is 1. The summed E-state index contributed by atoms with van der Waals surface area (Å²) in [6, 6.07) is 2.03. The zero-order valence-electron chi connectivity index (χ0n) is 11.6. The number of aromatic nitrogens is 6. The number of imidazole rings is 1. The van der Waals surface area contributed by atoms with Gasteiger partial charge in [0.2, 0.25) is 5.78 Å². The first-order chi connectivity index (χ1) is 9.52. The van der Waals surface area contributed by atoms with E-state index in [1.54, 1.807) is 4.68 Å². The molecule has 3 aromatic rings. The Balaban J connectivity index is 1.92. The van der Waals surface area contributed by atoms with Gasteiger partial charge in [0.1, 0.15) is 5.69 Å². The molecule has 0 aliphatic carbocycles. The number of alkyl halides is 1. The third kappa shape index (κ3) is 2.38. The predicted octanol–water partition coefficient (Wildman–Crippen LogP) is 2.29. The third-order valence-electron chi connectivity index (χ3n) is 3.10. The first kappa shape index (κ1) is 13.1. The maximum absolute atomic E-state index is 5.98. The van der Waals surface area contributed by atoms with Crippen molar-refractivity contribution in [3.63, 3.8) is 0 Å². The minimum absolute atomic E-state index is 0.142. The molecule has 0 amide bonds. The van der Waals surface area contributed by atoms with E-state index >= 15 is 0 Å². The Hall–Kier alpha value is -1.95. The van der Waals surface area contributed by atoms with E-state index in [1.165, 1.54) is 0 Å². The van der Waals surface area contributed by atoms with Crippen LogP contribution in [0.15, 0.2) is 18.5 Å². The van der Waals surface area contributed by atoms with Crippen molar-refractivity contribution < 1.29 is 0 Å². The van der Waals surface area contributed by atoms with Crippen molar-refractivity contribution in [2.75, 3.05) is 0 Å². The Labute approximate surface area is 121 Å². The van der Waals surface area contributed by atoms with Gasteiger partial charge in [0.25, 0.3) is 0 Å². The molecule has 3 rings (SSSR count). The van der Waals surface area contributed by atoms with Gasteiger partial charge in [-0.25, -0.2) is 14.6 Å². The second kappa shape index (κ2) is 4.86. The summed E-state index contributed by atoms with van der Waals surface area (Å²) in [5.41, 5.74) is 3.73. The number of hydrogen-bond acceptors (Lipinski definition) is 4. The third-order valence-corrected chi connectivity index (χ3v) is 3.32. The summed E-state index contributed by atoms with van der Waals surface area (Å²) in [6.07, 6.45) is 3.82. The van der Waals surface area contributed by atoms with Crippen LogP contribution in [0.4, 0.5) is 0 Å². The van der Waals surface area contributed by atoms with E-state index in [0.717, 1.165) is 22.8 Å². The van der Waals surface area contributed by atoms with Crippen LogP contribution in [-0.4, -0.2) is 29.4 Å². The standard InChI is InChI=1S/C13H15ClN6/c1-8-4-9(2)20-6-11(16-13(20)15-8)5-19-7-12(10(3)14)17-18-19/h4,6-7,10H,5H2,1-3H3. The van der Waals surface area contributed by atoms with Gasteiger partial charge in [0.15, 0.2) is 0 Å². The van der Waals surface area contributed by atoms with E-state index < -0.39 is 0 Å². The van der Waals surface area contributed by atoms with Crippen LogP contribution in [0.2, 0.25) is 0 Å². The molecule has 0 saturated heterocycles. The molecule has 0 bridgehead atoms. The van der Waals surface area contributed by atoms with Gasteiger partial charge in [0, 0.05) is 17.6 Å². The lowest BCUT2D eigenvalue weighted by Gasteiger charge is -1.98. The molecular formula is C13H15ClN6. The number of aryl methyl sites for hydroxylation is 2. The molecule has 3 aromatic heterocycles. The Morgan fingerprint density at radius 1 is 1.25 bits per heavy atom. The summed E-state index contributed by atoms with van der Waals surface area (Å²) in [5, 5.41) is 7.94. The first-order valence-electron chi connectivity index (χ1n) is 6.39. The minimum Gasteiger partial charge on any atom is -0.288 e. The highest BCUT2D eigenvalue weighted by atomic mass is 35.5. The van der Waals surface area contributed by atoms with Crippen molar-refractivity contribution in [3.05, 3.63) is 41.2 Å². The molecule has 1 unspecified atom stereocenters. The lowest BCUT2D eigenvalue weighted by atomic mass is 10.3. The van der Waals surface area contributed by atoms with Crippen LogP contribution in [0.1, 0.15) is 35.1 Å². The maximum atomic E-state index is 5.98. The molecule has 0 N–H and O–H groups in total. The molecule has 0 radical (unpaired) electrons. The fraction of sp³-hybridized carbons (Fsp3) is 0.385. The molecule has 0 aromatic carbocycles. The monoisotopic (exact) mass is 290 g/mol. The fourth-order valence-corrected chi connectivity index (χ4v) is 2.23. The molecule has 104 valence electrons. The van der Waals surface area contributed by atoms with Crippen molar-refractivity contribution in [1.29, 1.82) is 0 Å². The molecule has 6 nitrogen and oxygen atoms in total. The van der Waals surface area contributed by atoms with Crippen LogP contribution < -0.4 is 0 Å². The van der Waals surface area contributed by atoms with Crippen molar-refractivity contribution in [3.8, 4) is 0 Å². The van der Waals surface area contributed by atoms with Gasteiger partial charge in [-0.1, -0.05) is 5.21 Å². The highest BCUT2D eigenvalue weighted by molar-refractivity contribution is 6.20. The summed E-state index contributed by atoms with van der Waals surface area (Å²) in [5.74, 6) is 0.712. The average molecular weight is 291 g/mol. The van der Waals surface area contributed by atoms with Gasteiger partial charge < -0.3 is 0 Å². The molecule has 20 heavy (non-hydrogen) atoms. The molecule has 1 atom stereocenters. The minimum atomic E-state index is -0.142. The lowest BCUT2D eigenvalue weighted by Crippen LogP contribution is -2.00. The van der Waals surface area contributed by atoms with Crippen LogP contribution in [0, 0.1) is 13.8 Å². The quantitative estimate of drug-likeness (QED) is 0.694. The summed E-state index contributed by atoms with van der Waals surface area (Å²) >= 11 is 5.98. The molecule has 0 fully saturated rings. The van der Waals surface area contributed by atoms with Gasteiger partial charge in [-0.2, -0.15) is 0 Å². The van der Waals surface area contributed by atoms with Crippen molar-refractivity contribution in [2.45, 2.75) is 32.7 Å². The van der Waals surface area contributed by atoms with Crippen molar-refractivity contribution in [1.82, 2.24) is 29.4 Å². The van der Waals surface area contributed by atoms with E-state index in [9.17, 15) is 0 Å². The molecule has 0 saturated carbocycles. The summed E-state index contributed by atoms with van der Waals surface area (Å²) in [6.45, 7) is 6.43. The van der Waals surface area contributed by atoms with E-state index in [0.29, 0.717) is 12.3 Å². The van der Waals surface area contributed by atoms with E-state index in [-0.39, 0.29) is 5.38 Å². The fourth-order valence-electron chi connectivity index (χ4n) is 2.13.